The van der Waals surface area contributed by atoms with Crippen molar-refractivity contribution in [1.29, 1.82) is 0 Å². The predicted molar refractivity (Wildman–Crippen MR) is 60.8 cm³/mol. The summed E-state index contributed by atoms with van der Waals surface area (Å²) in [6.45, 7) is 1.18. The van der Waals surface area contributed by atoms with E-state index in [1.165, 1.54) is 0 Å². The summed E-state index contributed by atoms with van der Waals surface area (Å²) in [5, 5.41) is 9.89. The molecule has 2 unspecified atom stereocenters. The Kier molecular flexibility index (Phi) is 3.46. The van der Waals surface area contributed by atoms with Gasteiger partial charge in [-0.3, -0.25) is 4.79 Å². The van der Waals surface area contributed by atoms with Crippen molar-refractivity contribution in [3.8, 4) is 0 Å². The molecule has 1 aromatic carbocycles. The fraction of sp³-hybridized carbons (Fsp3) is 0.417. The number of hydrogen-bond acceptors (Lipinski definition) is 2. The number of carboxylic acid groups (broad SMARTS) is 1. The molecule has 0 aromatic heterocycles. The Morgan fingerprint density at radius 2 is 2.12 bits per heavy atom. The van der Waals surface area contributed by atoms with E-state index in [9.17, 15) is 9.90 Å². The molecule has 3 nitrogen and oxygen atoms in total. The van der Waals surface area contributed by atoms with Crippen LogP contribution in [0.15, 0.2) is 24.3 Å². The zero-order chi connectivity index (χ0) is 11.5. The molecule has 0 amide bonds. The number of rotatable bonds is 3. The van der Waals surface area contributed by atoms with Crippen molar-refractivity contribution < 1.29 is 14.6 Å². The Hall–Kier alpha value is -1.06. The van der Waals surface area contributed by atoms with Gasteiger partial charge >= 0.3 is 5.97 Å². The molecule has 2 rings (SSSR count). The molecule has 1 fully saturated rings. The topological polar surface area (TPSA) is 46.5 Å². The van der Waals surface area contributed by atoms with Crippen LogP contribution < -0.4 is 0 Å². The minimum absolute atomic E-state index is 0.0682. The molecule has 0 saturated carbocycles. The minimum atomic E-state index is -0.794. The number of carboxylic acids is 1. The van der Waals surface area contributed by atoms with Gasteiger partial charge in [0.25, 0.3) is 0 Å². The molecule has 1 aliphatic heterocycles. The first kappa shape index (κ1) is 11.4. The first-order chi connectivity index (χ1) is 7.68. The van der Waals surface area contributed by atoms with Gasteiger partial charge in [-0.15, -0.1) is 0 Å². The second-order valence-corrected chi connectivity index (χ2v) is 4.43. The van der Waals surface area contributed by atoms with Gasteiger partial charge in [0.05, 0.1) is 12.5 Å². The second-order valence-electron chi connectivity index (χ2n) is 3.99. The zero-order valence-corrected chi connectivity index (χ0v) is 9.48. The van der Waals surface area contributed by atoms with E-state index in [0.717, 1.165) is 12.0 Å². The lowest BCUT2D eigenvalue weighted by molar-refractivity contribution is -0.140. The van der Waals surface area contributed by atoms with Gasteiger partial charge in [0.2, 0.25) is 0 Å². The Morgan fingerprint density at radius 1 is 1.44 bits per heavy atom. The van der Waals surface area contributed by atoms with Crippen LogP contribution in [0.4, 0.5) is 0 Å². The van der Waals surface area contributed by atoms with Crippen molar-refractivity contribution >= 4 is 17.6 Å². The maximum absolute atomic E-state index is 11.3. The van der Waals surface area contributed by atoms with Crippen LogP contribution in [0.2, 0.25) is 5.02 Å². The third kappa shape index (κ3) is 2.36. The van der Waals surface area contributed by atoms with Crippen LogP contribution in [-0.2, 0) is 9.53 Å². The molecule has 0 aliphatic carbocycles. The summed E-state index contributed by atoms with van der Waals surface area (Å²) in [4.78, 5) is 11.3. The van der Waals surface area contributed by atoms with Gasteiger partial charge in [0, 0.05) is 17.5 Å². The molecular formula is C12H13ClO3. The third-order valence-electron chi connectivity index (χ3n) is 2.93. The molecule has 1 heterocycles. The summed E-state index contributed by atoms with van der Waals surface area (Å²) >= 11 is 5.78. The van der Waals surface area contributed by atoms with Crippen molar-refractivity contribution in [2.45, 2.75) is 12.3 Å². The number of carbonyl (C=O) groups is 1. The molecule has 1 N–H and O–H groups in total. The van der Waals surface area contributed by atoms with Crippen LogP contribution in [0, 0.1) is 5.92 Å². The van der Waals surface area contributed by atoms with Gasteiger partial charge in [0.15, 0.2) is 0 Å². The lowest BCUT2D eigenvalue weighted by Crippen LogP contribution is -2.21. The number of ether oxygens (including phenoxy) is 1. The molecule has 0 bridgehead atoms. The summed E-state index contributed by atoms with van der Waals surface area (Å²) in [7, 11) is 0. The average Bonchev–Trinajstić information content (AvgIpc) is 2.74. The highest BCUT2D eigenvalue weighted by molar-refractivity contribution is 6.30. The van der Waals surface area contributed by atoms with Crippen molar-refractivity contribution in [1.82, 2.24) is 0 Å². The SMILES string of the molecule is O=C(O)C(c1ccc(Cl)cc1)C1CCOC1. The number of benzene rings is 1. The molecule has 86 valence electrons. The quantitative estimate of drug-likeness (QED) is 0.883. The van der Waals surface area contributed by atoms with Crippen molar-refractivity contribution in [3.63, 3.8) is 0 Å². The maximum Gasteiger partial charge on any atom is 0.311 e. The van der Waals surface area contributed by atoms with Crippen LogP contribution >= 0.6 is 11.6 Å². The smallest absolute Gasteiger partial charge is 0.311 e. The first-order valence-corrected chi connectivity index (χ1v) is 5.62. The molecule has 2 atom stereocenters. The van der Waals surface area contributed by atoms with Crippen LogP contribution in [0.1, 0.15) is 17.9 Å². The molecule has 0 spiro atoms. The number of aliphatic carboxylic acids is 1. The Labute approximate surface area is 99.0 Å². The number of hydrogen-bond donors (Lipinski definition) is 1. The normalized spacial score (nSPS) is 21.9. The second kappa shape index (κ2) is 4.85. The van der Waals surface area contributed by atoms with Gasteiger partial charge in [-0.25, -0.2) is 0 Å². The summed E-state index contributed by atoms with van der Waals surface area (Å²) in [5.41, 5.74) is 0.799. The molecule has 1 aliphatic rings. The van der Waals surface area contributed by atoms with Gasteiger partial charge in [-0.1, -0.05) is 23.7 Å². The van der Waals surface area contributed by atoms with Crippen LogP contribution in [0.5, 0.6) is 0 Å². The summed E-state index contributed by atoms with van der Waals surface area (Å²) < 4.78 is 5.24. The standard InChI is InChI=1S/C12H13ClO3/c13-10-3-1-8(2-4-10)11(12(14)15)9-5-6-16-7-9/h1-4,9,11H,5-7H2,(H,14,15). The highest BCUT2D eigenvalue weighted by atomic mass is 35.5. The lowest BCUT2D eigenvalue weighted by Gasteiger charge is -2.18. The maximum atomic E-state index is 11.3. The summed E-state index contributed by atoms with van der Waals surface area (Å²) in [5.74, 6) is -1.21. The van der Waals surface area contributed by atoms with Crippen LogP contribution in [-0.4, -0.2) is 24.3 Å². The monoisotopic (exact) mass is 240 g/mol. The van der Waals surface area contributed by atoms with E-state index in [1.54, 1.807) is 24.3 Å². The van der Waals surface area contributed by atoms with Gasteiger partial charge < -0.3 is 9.84 Å². The molecule has 4 heteroatoms. The van der Waals surface area contributed by atoms with Crippen LogP contribution in [0.25, 0.3) is 0 Å². The Morgan fingerprint density at radius 3 is 2.62 bits per heavy atom. The van der Waals surface area contributed by atoms with E-state index >= 15 is 0 Å². The fourth-order valence-electron chi connectivity index (χ4n) is 2.10. The van der Waals surface area contributed by atoms with E-state index in [4.69, 9.17) is 16.3 Å². The summed E-state index contributed by atoms with van der Waals surface area (Å²) in [6, 6.07) is 7.00. The van der Waals surface area contributed by atoms with E-state index in [1.807, 2.05) is 0 Å². The average molecular weight is 241 g/mol. The van der Waals surface area contributed by atoms with Crippen LogP contribution in [0.3, 0.4) is 0 Å². The minimum Gasteiger partial charge on any atom is -0.481 e. The van der Waals surface area contributed by atoms with Gasteiger partial charge in [0.1, 0.15) is 0 Å². The van der Waals surface area contributed by atoms with E-state index in [0.29, 0.717) is 18.2 Å². The third-order valence-corrected chi connectivity index (χ3v) is 3.18. The van der Waals surface area contributed by atoms with E-state index < -0.39 is 11.9 Å². The molecule has 1 aromatic rings. The Bertz CT molecular complexity index is 368. The highest BCUT2D eigenvalue weighted by Crippen LogP contribution is 2.31. The van der Waals surface area contributed by atoms with Crippen molar-refractivity contribution in [3.05, 3.63) is 34.9 Å². The van der Waals surface area contributed by atoms with Crippen molar-refractivity contribution in [2.75, 3.05) is 13.2 Å². The van der Waals surface area contributed by atoms with E-state index in [2.05, 4.69) is 0 Å². The molecule has 0 radical (unpaired) electrons. The molecule has 16 heavy (non-hydrogen) atoms. The largest absolute Gasteiger partial charge is 0.481 e. The fourth-order valence-corrected chi connectivity index (χ4v) is 2.23. The molecular weight excluding hydrogens is 228 g/mol. The zero-order valence-electron chi connectivity index (χ0n) is 8.73. The predicted octanol–water partition coefficient (Wildman–Crippen LogP) is 2.54. The van der Waals surface area contributed by atoms with Gasteiger partial charge in [-0.2, -0.15) is 0 Å². The summed E-state index contributed by atoms with van der Waals surface area (Å²) in [6.07, 6.45) is 0.805. The number of halogens is 1. The van der Waals surface area contributed by atoms with Gasteiger partial charge in [-0.05, 0) is 24.1 Å². The van der Waals surface area contributed by atoms with E-state index in [-0.39, 0.29) is 5.92 Å². The highest BCUT2D eigenvalue weighted by Gasteiger charge is 2.32. The lowest BCUT2D eigenvalue weighted by atomic mass is 9.85. The van der Waals surface area contributed by atoms with Crippen molar-refractivity contribution in [2.24, 2.45) is 5.92 Å². The first-order valence-electron chi connectivity index (χ1n) is 5.24. The molecule has 1 saturated heterocycles. The Balaban J connectivity index is 2.24.